The Morgan fingerprint density at radius 1 is 1.37 bits per heavy atom. The van der Waals surface area contributed by atoms with Crippen LogP contribution in [0.5, 0.6) is 0 Å². The number of nitrogens with zero attached hydrogens (tertiary/aromatic N) is 4. The summed E-state index contributed by atoms with van der Waals surface area (Å²) < 4.78 is 5.95. The zero-order valence-corrected chi connectivity index (χ0v) is 11.7. The van der Waals surface area contributed by atoms with Crippen molar-refractivity contribution in [2.75, 3.05) is 5.32 Å². The molecular weight excluding hydrogens is 310 g/mol. The van der Waals surface area contributed by atoms with Crippen LogP contribution in [-0.4, -0.2) is 20.1 Å². The molecule has 0 amide bonds. The average Bonchev–Trinajstić information content (AvgIpc) is 2.81. The van der Waals surface area contributed by atoms with Crippen molar-refractivity contribution < 1.29 is 4.52 Å². The smallest absolute Gasteiger partial charge is 0.245 e. The second-order valence-corrected chi connectivity index (χ2v) is 4.88. The Kier molecular flexibility index (Phi) is 3.12. The molecule has 6 nitrogen and oxygen atoms in total. The lowest BCUT2D eigenvalue weighted by atomic mass is 10.3. The van der Waals surface area contributed by atoms with Crippen LogP contribution in [0, 0.1) is 6.92 Å². The molecule has 3 aromatic heterocycles. The van der Waals surface area contributed by atoms with Crippen LogP contribution < -0.4 is 5.32 Å². The number of pyridine rings is 2. The van der Waals surface area contributed by atoms with Gasteiger partial charge in [-0.25, -0.2) is 0 Å². The Labute approximate surface area is 117 Å². The van der Waals surface area contributed by atoms with Gasteiger partial charge in [0.15, 0.2) is 5.82 Å². The van der Waals surface area contributed by atoms with Crippen molar-refractivity contribution in [2.45, 2.75) is 13.5 Å². The lowest BCUT2D eigenvalue weighted by molar-refractivity contribution is 0.379. The van der Waals surface area contributed by atoms with E-state index in [4.69, 9.17) is 4.52 Å². The summed E-state index contributed by atoms with van der Waals surface area (Å²) in [6, 6.07) is 3.79. The lowest BCUT2D eigenvalue weighted by Crippen LogP contribution is -2.01. The Bertz CT molecular complexity index is 727. The average molecular weight is 320 g/mol. The van der Waals surface area contributed by atoms with Gasteiger partial charge in [-0.15, -0.1) is 0 Å². The number of hydrogen-bond acceptors (Lipinski definition) is 6. The predicted octanol–water partition coefficient (Wildman–Crippen LogP) is 2.70. The van der Waals surface area contributed by atoms with Gasteiger partial charge in [0.25, 0.3) is 0 Å². The third kappa shape index (κ3) is 2.55. The fraction of sp³-hybridized carbons (Fsp3) is 0.167. The van der Waals surface area contributed by atoms with Gasteiger partial charge in [0, 0.05) is 16.9 Å². The Morgan fingerprint density at radius 2 is 2.26 bits per heavy atom. The molecule has 1 N–H and O–H groups in total. The number of aromatic nitrogens is 4. The van der Waals surface area contributed by atoms with E-state index in [9.17, 15) is 0 Å². The van der Waals surface area contributed by atoms with Gasteiger partial charge in [-0.3, -0.25) is 9.97 Å². The van der Waals surface area contributed by atoms with Crippen LogP contribution in [0.2, 0.25) is 0 Å². The molecule has 0 atom stereocenters. The molecule has 0 aliphatic rings. The van der Waals surface area contributed by atoms with Crippen LogP contribution in [0.3, 0.4) is 0 Å². The van der Waals surface area contributed by atoms with Gasteiger partial charge >= 0.3 is 0 Å². The maximum atomic E-state index is 5.05. The molecule has 3 aromatic rings. The number of nitrogens with one attached hydrogen (secondary N) is 1. The molecule has 0 saturated carbocycles. The zero-order chi connectivity index (χ0) is 13.2. The topological polar surface area (TPSA) is 76.7 Å². The number of aryl methyl sites for hydroxylation is 1. The monoisotopic (exact) mass is 319 g/mol. The van der Waals surface area contributed by atoms with Gasteiger partial charge < -0.3 is 9.84 Å². The van der Waals surface area contributed by atoms with E-state index in [1.165, 1.54) is 0 Å². The van der Waals surface area contributed by atoms with Crippen LogP contribution in [0.1, 0.15) is 11.7 Å². The standard InChI is InChI=1S/C12H10BrN5O/c1-7-17-11(19-18-7)6-15-9-2-3-14-10-4-8(13)5-16-12(9)10/h2-5H,6H2,1H3,(H,14,15). The summed E-state index contributed by atoms with van der Waals surface area (Å²) in [6.45, 7) is 2.24. The molecule has 0 saturated heterocycles. The van der Waals surface area contributed by atoms with E-state index < -0.39 is 0 Å². The lowest BCUT2D eigenvalue weighted by Gasteiger charge is -2.06. The Morgan fingerprint density at radius 3 is 3.05 bits per heavy atom. The van der Waals surface area contributed by atoms with E-state index in [1.807, 2.05) is 12.1 Å². The van der Waals surface area contributed by atoms with E-state index in [0.717, 1.165) is 21.2 Å². The van der Waals surface area contributed by atoms with Gasteiger partial charge in [-0.2, -0.15) is 4.98 Å². The second kappa shape index (κ2) is 4.93. The number of anilines is 1. The molecule has 0 radical (unpaired) electrons. The first-order valence-electron chi connectivity index (χ1n) is 5.66. The van der Waals surface area contributed by atoms with Gasteiger partial charge in [-0.1, -0.05) is 5.16 Å². The molecule has 19 heavy (non-hydrogen) atoms. The summed E-state index contributed by atoms with van der Waals surface area (Å²) in [5, 5.41) is 6.97. The first kappa shape index (κ1) is 12.0. The van der Waals surface area contributed by atoms with Crippen LogP contribution >= 0.6 is 15.9 Å². The number of fused-ring (bicyclic) bond motifs is 1. The highest BCUT2D eigenvalue weighted by molar-refractivity contribution is 9.10. The van der Waals surface area contributed by atoms with Crippen molar-refractivity contribution in [3.05, 3.63) is 40.7 Å². The van der Waals surface area contributed by atoms with Crippen molar-refractivity contribution in [3.8, 4) is 0 Å². The predicted molar refractivity (Wildman–Crippen MR) is 73.6 cm³/mol. The summed E-state index contributed by atoms with van der Waals surface area (Å²) in [4.78, 5) is 12.8. The van der Waals surface area contributed by atoms with Crippen molar-refractivity contribution in [3.63, 3.8) is 0 Å². The highest BCUT2D eigenvalue weighted by Gasteiger charge is 2.06. The maximum absolute atomic E-state index is 5.05. The summed E-state index contributed by atoms with van der Waals surface area (Å²) in [7, 11) is 0. The number of hydrogen-bond donors (Lipinski definition) is 1. The highest BCUT2D eigenvalue weighted by Crippen LogP contribution is 2.22. The molecule has 0 aromatic carbocycles. The minimum Gasteiger partial charge on any atom is -0.374 e. The Balaban J connectivity index is 1.88. The molecule has 0 aliphatic heterocycles. The summed E-state index contributed by atoms with van der Waals surface area (Å²) in [5.74, 6) is 1.16. The molecule has 0 unspecified atom stereocenters. The SMILES string of the molecule is Cc1noc(CNc2ccnc3cc(Br)cnc23)n1. The van der Waals surface area contributed by atoms with Gasteiger partial charge in [0.2, 0.25) is 5.89 Å². The fourth-order valence-corrected chi connectivity index (χ4v) is 2.05. The normalized spacial score (nSPS) is 10.8. The third-order valence-electron chi connectivity index (χ3n) is 2.54. The maximum Gasteiger partial charge on any atom is 0.245 e. The number of halogens is 1. The summed E-state index contributed by atoms with van der Waals surface area (Å²) in [5.41, 5.74) is 2.51. The van der Waals surface area contributed by atoms with Crippen LogP contribution in [-0.2, 0) is 6.54 Å². The molecule has 3 rings (SSSR count). The molecular formula is C12H10BrN5O. The van der Waals surface area contributed by atoms with E-state index in [-0.39, 0.29) is 0 Å². The quantitative estimate of drug-likeness (QED) is 0.799. The highest BCUT2D eigenvalue weighted by atomic mass is 79.9. The fourth-order valence-electron chi connectivity index (χ4n) is 1.73. The van der Waals surface area contributed by atoms with Crippen molar-refractivity contribution in [1.82, 2.24) is 20.1 Å². The van der Waals surface area contributed by atoms with E-state index in [2.05, 4.69) is 41.4 Å². The van der Waals surface area contributed by atoms with Crippen LogP contribution in [0.15, 0.2) is 33.5 Å². The first-order chi connectivity index (χ1) is 9.22. The second-order valence-electron chi connectivity index (χ2n) is 3.97. The van der Waals surface area contributed by atoms with Crippen molar-refractivity contribution in [1.29, 1.82) is 0 Å². The molecule has 0 aliphatic carbocycles. The van der Waals surface area contributed by atoms with Crippen molar-refractivity contribution in [2.24, 2.45) is 0 Å². The zero-order valence-electron chi connectivity index (χ0n) is 10.1. The molecule has 7 heteroatoms. The van der Waals surface area contributed by atoms with Gasteiger partial charge in [0.05, 0.1) is 17.7 Å². The molecule has 96 valence electrons. The molecule has 0 bridgehead atoms. The van der Waals surface area contributed by atoms with Crippen LogP contribution in [0.4, 0.5) is 5.69 Å². The van der Waals surface area contributed by atoms with E-state index in [0.29, 0.717) is 18.3 Å². The molecule has 0 spiro atoms. The van der Waals surface area contributed by atoms with E-state index >= 15 is 0 Å². The molecule has 0 fully saturated rings. The minimum absolute atomic E-state index is 0.456. The molecule has 3 heterocycles. The Hall–Kier alpha value is -2.02. The summed E-state index contributed by atoms with van der Waals surface area (Å²) >= 11 is 3.38. The minimum atomic E-state index is 0.456. The summed E-state index contributed by atoms with van der Waals surface area (Å²) in [6.07, 6.45) is 3.48. The first-order valence-corrected chi connectivity index (χ1v) is 6.45. The third-order valence-corrected chi connectivity index (χ3v) is 2.98. The largest absolute Gasteiger partial charge is 0.374 e. The number of rotatable bonds is 3. The van der Waals surface area contributed by atoms with Gasteiger partial charge in [0.1, 0.15) is 5.52 Å². The van der Waals surface area contributed by atoms with Crippen LogP contribution in [0.25, 0.3) is 11.0 Å². The van der Waals surface area contributed by atoms with Gasteiger partial charge in [-0.05, 0) is 35.0 Å². The van der Waals surface area contributed by atoms with Crippen molar-refractivity contribution >= 4 is 32.7 Å². The van der Waals surface area contributed by atoms with E-state index in [1.54, 1.807) is 19.3 Å².